The van der Waals surface area contributed by atoms with E-state index in [4.69, 9.17) is 0 Å². The third-order valence-electron chi connectivity index (χ3n) is 6.65. The van der Waals surface area contributed by atoms with Crippen molar-refractivity contribution in [2.45, 2.75) is 102 Å². The molecule has 3 rings (SSSR count). The summed E-state index contributed by atoms with van der Waals surface area (Å²) in [5.74, 6) is -0.614. The lowest BCUT2D eigenvalue weighted by Crippen LogP contribution is -2.59. The lowest BCUT2D eigenvalue weighted by atomic mass is 10.1. The zero-order chi connectivity index (χ0) is 18.7. The summed E-state index contributed by atoms with van der Waals surface area (Å²) >= 11 is 0. The van der Waals surface area contributed by atoms with E-state index in [9.17, 15) is 9.90 Å². The van der Waals surface area contributed by atoms with Gasteiger partial charge in [-0.05, 0) is 19.3 Å². The summed E-state index contributed by atoms with van der Waals surface area (Å²) in [5, 5.41) is 10.4. The van der Waals surface area contributed by atoms with E-state index < -0.39 is 11.6 Å². The fourth-order valence-corrected chi connectivity index (χ4v) is 4.71. The SMILES string of the molecule is CCCCC1CN1CC(C(=O)O)(N1CC1CCCC)N1CC1CCCC. The molecule has 150 valence electrons. The molecule has 6 atom stereocenters. The number of unbranched alkanes of at least 4 members (excludes halogenated alkanes) is 3. The molecule has 0 amide bonds. The highest BCUT2D eigenvalue weighted by Gasteiger charge is 2.65. The Morgan fingerprint density at radius 2 is 1.31 bits per heavy atom. The maximum atomic E-state index is 12.6. The van der Waals surface area contributed by atoms with Crippen molar-refractivity contribution in [3.8, 4) is 0 Å². The van der Waals surface area contributed by atoms with Gasteiger partial charge in [0.25, 0.3) is 0 Å². The highest BCUT2D eigenvalue weighted by molar-refractivity contribution is 5.80. The number of rotatable bonds is 14. The Bertz CT molecular complexity index is 462. The first-order valence-electron chi connectivity index (χ1n) is 11.1. The molecule has 5 heteroatoms. The summed E-state index contributed by atoms with van der Waals surface area (Å²) in [4.78, 5) is 19.6. The molecule has 3 heterocycles. The van der Waals surface area contributed by atoms with Gasteiger partial charge in [-0.2, -0.15) is 0 Å². The predicted molar refractivity (Wildman–Crippen MR) is 105 cm³/mol. The maximum absolute atomic E-state index is 12.6. The van der Waals surface area contributed by atoms with Crippen LogP contribution in [0.1, 0.15) is 78.6 Å². The summed E-state index contributed by atoms with van der Waals surface area (Å²) in [7, 11) is 0. The van der Waals surface area contributed by atoms with Crippen molar-refractivity contribution in [3.63, 3.8) is 0 Å². The first kappa shape index (κ1) is 20.1. The van der Waals surface area contributed by atoms with Crippen LogP contribution in [0.25, 0.3) is 0 Å². The fourth-order valence-electron chi connectivity index (χ4n) is 4.71. The van der Waals surface area contributed by atoms with Crippen LogP contribution >= 0.6 is 0 Å². The van der Waals surface area contributed by atoms with Gasteiger partial charge in [0, 0.05) is 44.3 Å². The molecule has 1 N–H and O–H groups in total. The minimum atomic E-state index is -0.766. The van der Waals surface area contributed by atoms with Gasteiger partial charge in [0.1, 0.15) is 0 Å². The number of carbonyl (C=O) groups is 1. The summed E-state index contributed by atoms with van der Waals surface area (Å²) in [6.45, 7) is 10.4. The van der Waals surface area contributed by atoms with Crippen LogP contribution in [0.4, 0.5) is 0 Å². The van der Waals surface area contributed by atoms with Gasteiger partial charge in [0.15, 0.2) is 5.66 Å². The van der Waals surface area contributed by atoms with Crippen molar-refractivity contribution in [1.82, 2.24) is 14.7 Å². The molecular weight excluding hydrogens is 326 g/mol. The molecule has 0 radical (unpaired) electrons. The van der Waals surface area contributed by atoms with Crippen LogP contribution < -0.4 is 0 Å². The topological polar surface area (TPSA) is 46.3 Å². The van der Waals surface area contributed by atoms with E-state index in [0.29, 0.717) is 24.7 Å². The minimum absolute atomic E-state index is 0.479. The minimum Gasteiger partial charge on any atom is -0.479 e. The lowest BCUT2D eigenvalue weighted by Gasteiger charge is -2.35. The molecule has 0 spiro atoms. The molecule has 3 aliphatic heterocycles. The van der Waals surface area contributed by atoms with Crippen LogP contribution in [-0.4, -0.2) is 75.7 Å². The third kappa shape index (κ3) is 4.26. The molecule has 0 bridgehead atoms. The Morgan fingerprint density at radius 1 is 0.846 bits per heavy atom. The predicted octanol–water partition coefficient (Wildman–Crippen LogP) is 3.39. The van der Waals surface area contributed by atoms with Gasteiger partial charge >= 0.3 is 5.97 Å². The van der Waals surface area contributed by atoms with E-state index in [1.165, 1.54) is 44.9 Å². The van der Waals surface area contributed by atoms with Gasteiger partial charge < -0.3 is 5.11 Å². The first-order valence-corrected chi connectivity index (χ1v) is 11.1. The summed E-state index contributed by atoms with van der Waals surface area (Å²) in [6, 6.07) is 1.58. The molecule has 0 aliphatic carbocycles. The zero-order valence-corrected chi connectivity index (χ0v) is 17.1. The van der Waals surface area contributed by atoms with Crippen LogP contribution in [-0.2, 0) is 4.79 Å². The molecule has 3 fully saturated rings. The second-order valence-corrected chi connectivity index (χ2v) is 8.74. The molecule has 26 heavy (non-hydrogen) atoms. The zero-order valence-electron chi connectivity index (χ0n) is 17.1. The van der Waals surface area contributed by atoms with Gasteiger partial charge in [-0.15, -0.1) is 0 Å². The van der Waals surface area contributed by atoms with Crippen LogP contribution in [0.3, 0.4) is 0 Å². The van der Waals surface area contributed by atoms with Crippen LogP contribution in [0.2, 0.25) is 0 Å². The monoisotopic (exact) mass is 365 g/mol. The highest BCUT2D eigenvalue weighted by Crippen LogP contribution is 2.44. The Morgan fingerprint density at radius 3 is 1.73 bits per heavy atom. The molecule has 0 aromatic heterocycles. The number of aliphatic carboxylic acids is 1. The second-order valence-electron chi connectivity index (χ2n) is 8.74. The number of hydrogen-bond donors (Lipinski definition) is 1. The van der Waals surface area contributed by atoms with Crippen molar-refractivity contribution >= 4 is 5.97 Å². The number of nitrogens with zero attached hydrogens (tertiary/aromatic N) is 3. The van der Waals surface area contributed by atoms with Crippen LogP contribution in [0.5, 0.6) is 0 Å². The van der Waals surface area contributed by atoms with Gasteiger partial charge in [-0.1, -0.05) is 59.3 Å². The van der Waals surface area contributed by atoms with Crippen LogP contribution in [0, 0.1) is 0 Å². The largest absolute Gasteiger partial charge is 0.479 e. The Balaban J connectivity index is 1.67. The van der Waals surface area contributed by atoms with Crippen molar-refractivity contribution in [2.24, 2.45) is 0 Å². The van der Waals surface area contributed by atoms with Gasteiger partial charge in [-0.3, -0.25) is 14.7 Å². The van der Waals surface area contributed by atoms with E-state index in [2.05, 4.69) is 35.5 Å². The van der Waals surface area contributed by atoms with E-state index in [0.717, 1.165) is 32.5 Å². The summed E-state index contributed by atoms with van der Waals surface area (Å²) in [6.07, 6.45) is 10.8. The molecule has 0 saturated carbocycles. The average molecular weight is 366 g/mol. The normalized spacial score (nSPS) is 37.2. The third-order valence-corrected chi connectivity index (χ3v) is 6.65. The second kappa shape index (κ2) is 8.57. The van der Waals surface area contributed by atoms with E-state index in [-0.39, 0.29) is 0 Å². The Hall–Kier alpha value is -0.650. The lowest BCUT2D eigenvalue weighted by molar-refractivity contribution is -0.156. The summed E-state index contributed by atoms with van der Waals surface area (Å²) < 4.78 is 0. The van der Waals surface area contributed by atoms with Crippen molar-refractivity contribution in [1.29, 1.82) is 0 Å². The van der Waals surface area contributed by atoms with Gasteiger partial charge in [0.2, 0.25) is 0 Å². The molecule has 3 aliphatic rings. The molecule has 5 nitrogen and oxygen atoms in total. The quantitative estimate of drug-likeness (QED) is 0.478. The molecule has 0 aromatic rings. The summed E-state index contributed by atoms with van der Waals surface area (Å²) in [5.41, 5.74) is -0.766. The number of carboxylic acids is 1. The Labute approximate surface area is 159 Å². The number of hydrogen-bond acceptors (Lipinski definition) is 4. The van der Waals surface area contributed by atoms with Gasteiger partial charge in [-0.25, -0.2) is 4.79 Å². The molecule has 3 saturated heterocycles. The first-order chi connectivity index (χ1) is 12.6. The average Bonchev–Trinajstić information content (AvgIpc) is 3.50. The fraction of sp³-hybridized carbons (Fsp3) is 0.952. The van der Waals surface area contributed by atoms with Gasteiger partial charge in [0.05, 0.1) is 0 Å². The molecule has 0 aromatic carbocycles. The van der Waals surface area contributed by atoms with E-state index >= 15 is 0 Å². The molecule has 6 unspecified atom stereocenters. The molecular formula is C21H39N3O2. The van der Waals surface area contributed by atoms with E-state index in [1.807, 2.05) is 0 Å². The van der Waals surface area contributed by atoms with E-state index in [1.54, 1.807) is 0 Å². The standard InChI is InChI=1S/C21H39N3O2/c1-4-7-10-17-13-22(17)16-21(20(25)26,23-14-18(23)11-8-5-2)24-15-19(24)12-9-6-3/h17-19H,4-16H2,1-3H3,(H,25,26). The highest BCUT2D eigenvalue weighted by atomic mass is 16.4. The number of carboxylic acid groups (broad SMARTS) is 1. The van der Waals surface area contributed by atoms with Crippen molar-refractivity contribution in [2.75, 3.05) is 26.2 Å². The van der Waals surface area contributed by atoms with Crippen LogP contribution in [0.15, 0.2) is 0 Å². The smallest absolute Gasteiger partial charge is 0.340 e. The maximum Gasteiger partial charge on any atom is 0.340 e. The Kier molecular flexibility index (Phi) is 6.63. The van der Waals surface area contributed by atoms with Crippen molar-refractivity contribution < 1.29 is 9.90 Å². The van der Waals surface area contributed by atoms with Crippen molar-refractivity contribution in [3.05, 3.63) is 0 Å².